The first kappa shape index (κ1) is 18.9. The first-order valence-corrected chi connectivity index (χ1v) is 9.06. The van der Waals surface area contributed by atoms with Crippen LogP contribution in [0.1, 0.15) is 6.92 Å². The second kappa shape index (κ2) is 9.16. The molecule has 10 heteroatoms. The molecule has 0 spiro atoms. The Kier molecular flexibility index (Phi) is 7.22. The van der Waals surface area contributed by atoms with Crippen molar-refractivity contribution in [1.82, 2.24) is 10.2 Å². The predicted molar refractivity (Wildman–Crippen MR) is 95.6 cm³/mol. The summed E-state index contributed by atoms with van der Waals surface area (Å²) in [5, 5.41) is 14.1. The molecule has 0 saturated heterocycles. The highest BCUT2D eigenvalue weighted by molar-refractivity contribution is 8.02. The average molecular weight is 391 g/mol. The van der Waals surface area contributed by atoms with E-state index in [4.69, 9.17) is 16.3 Å². The number of thioether (sulfide) groups is 1. The lowest BCUT2D eigenvalue weighted by Crippen LogP contribution is -2.22. The number of nitrogens with one attached hydrogen (secondary N) is 2. The van der Waals surface area contributed by atoms with Crippen molar-refractivity contribution in [2.24, 2.45) is 0 Å². The van der Waals surface area contributed by atoms with Crippen molar-refractivity contribution in [2.75, 3.05) is 30.9 Å². The minimum atomic E-state index is -0.575. The third kappa shape index (κ3) is 5.59. The van der Waals surface area contributed by atoms with E-state index in [1.807, 2.05) is 0 Å². The van der Waals surface area contributed by atoms with Gasteiger partial charge in [-0.3, -0.25) is 4.79 Å². The van der Waals surface area contributed by atoms with Crippen molar-refractivity contribution < 1.29 is 13.9 Å². The number of aromatic nitrogens is 2. The van der Waals surface area contributed by atoms with E-state index >= 15 is 0 Å². The second-order valence-electron chi connectivity index (χ2n) is 4.67. The molecule has 0 radical (unpaired) electrons. The summed E-state index contributed by atoms with van der Waals surface area (Å²) in [6, 6.07) is 4.09. The van der Waals surface area contributed by atoms with Crippen LogP contribution in [0.25, 0.3) is 0 Å². The van der Waals surface area contributed by atoms with E-state index in [9.17, 15) is 9.18 Å². The Morgan fingerprint density at radius 3 is 3.00 bits per heavy atom. The van der Waals surface area contributed by atoms with Gasteiger partial charge in [0.15, 0.2) is 4.34 Å². The van der Waals surface area contributed by atoms with Crippen LogP contribution in [0.2, 0.25) is 5.02 Å². The summed E-state index contributed by atoms with van der Waals surface area (Å²) in [5.74, 6) is -0.904. The van der Waals surface area contributed by atoms with Gasteiger partial charge < -0.3 is 15.4 Å². The molecule has 2 aromatic rings. The van der Waals surface area contributed by atoms with Gasteiger partial charge in [-0.25, -0.2) is 4.39 Å². The number of benzene rings is 1. The Morgan fingerprint density at radius 2 is 2.29 bits per heavy atom. The summed E-state index contributed by atoms with van der Waals surface area (Å²) in [6.07, 6.45) is 0. The number of anilines is 2. The summed E-state index contributed by atoms with van der Waals surface area (Å²) in [6.45, 7) is 2.91. The van der Waals surface area contributed by atoms with Crippen molar-refractivity contribution in [1.29, 1.82) is 0 Å². The maximum Gasteiger partial charge on any atom is 0.237 e. The number of methoxy groups -OCH3 is 1. The van der Waals surface area contributed by atoms with Gasteiger partial charge in [-0.05, 0) is 25.1 Å². The van der Waals surface area contributed by atoms with E-state index < -0.39 is 11.1 Å². The van der Waals surface area contributed by atoms with Crippen LogP contribution in [-0.2, 0) is 9.53 Å². The molecule has 0 fully saturated rings. The zero-order valence-electron chi connectivity index (χ0n) is 13.0. The predicted octanol–water partition coefficient (Wildman–Crippen LogP) is 3.51. The van der Waals surface area contributed by atoms with Gasteiger partial charge >= 0.3 is 0 Å². The highest BCUT2D eigenvalue weighted by atomic mass is 35.5. The maximum atomic E-state index is 13.7. The number of hydrogen-bond acceptors (Lipinski definition) is 7. The van der Waals surface area contributed by atoms with E-state index in [1.54, 1.807) is 14.0 Å². The maximum absolute atomic E-state index is 13.7. The highest BCUT2D eigenvalue weighted by Gasteiger charge is 2.18. The van der Waals surface area contributed by atoms with Gasteiger partial charge in [0, 0.05) is 18.7 Å². The molecule has 0 aliphatic heterocycles. The minimum absolute atomic E-state index is 0.0936. The van der Waals surface area contributed by atoms with Crippen molar-refractivity contribution >= 4 is 51.4 Å². The number of ether oxygens (including phenoxy) is 1. The van der Waals surface area contributed by atoms with E-state index in [0.717, 1.165) is 6.07 Å². The molecule has 1 aromatic carbocycles. The van der Waals surface area contributed by atoms with E-state index in [-0.39, 0.29) is 16.6 Å². The highest BCUT2D eigenvalue weighted by Crippen LogP contribution is 2.29. The number of rotatable bonds is 8. The van der Waals surface area contributed by atoms with Crippen LogP contribution >= 0.6 is 34.7 Å². The van der Waals surface area contributed by atoms with E-state index in [1.165, 1.54) is 35.2 Å². The summed E-state index contributed by atoms with van der Waals surface area (Å²) >= 11 is 8.28. The van der Waals surface area contributed by atoms with Crippen molar-refractivity contribution in [3.05, 3.63) is 29.0 Å². The summed E-state index contributed by atoms with van der Waals surface area (Å²) in [4.78, 5) is 12.2. The summed E-state index contributed by atoms with van der Waals surface area (Å²) < 4.78 is 19.3. The van der Waals surface area contributed by atoms with E-state index in [0.29, 0.717) is 22.6 Å². The van der Waals surface area contributed by atoms with Crippen LogP contribution in [0.5, 0.6) is 0 Å². The normalized spacial score (nSPS) is 12.0. The molecule has 24 heavy (non-hydrogen) atoms. The number of hydrogen-bond donors (Lipinski definition) is 2. The molecule has 0 aliphatic rings. The number of nitrogens with zero attached hydrogens (tertiary/aromatic N) is 2. The molecule has 2 rings (SSSR count). The quantitative estimate of drug-likeness (QED) is 0.530. The lowest BCUT2D eigenvalue weighted by atomic mass is 10.3. The molecule has 0 aliphatic carbocycles. The van der Waals surface area contributed by atoms with Crippen LogP contribution in [0.15, 0.2) is 22.5 Å². The Balaban J connectivity index is 1.89. The molecular weight excluding hydrogens is 375 g/mol. The fourth-order valence-corrected chi connectivity index (χ4v) is 3.70. The van der Waals surface area contributed by atoms with Crippen LogP contribution in [0, 0.1) is 5.82 Å². The SMILES string of the molecule is COCCNc1nnc(S[C@@H](C)C(=O)Nc2ccc(Cl)cc2F)s1. The largest absolute Gasteiger partial charge is 0.383 e. The number of amides is 1. The first-order valence-electron chi connectivity index (χ1n) is 6.98. The number of halogens is 2. The van der Waals surface area contributed by atoms with Crippen molar-refractivity contribution in [3.8, 4) is 0 Å². The van der Waals surface area contributed by atoms with Gasteiger partial charge in [-0.1, -0.05) is 34.7 Å². The molecule has 0 bridgehead atoms. The number of carbonyl (C=O) groups excluding carboxylic acids is 1. The molecule has 1 aromatic heterocycles. The molecule has 1 amide bonds. The Bertz CT molecular complexity index is 701. The average Bonchev–Trinajstić information content (AvgIpc) is 2.97. The van der Waals surface area contributed by atoms with Crippen LogP contribution in [0.4, 0.5) is 15.2 Å². The topological polar surface area (TPSA) is 76.1 Å². The third-order valence-electron chi connectivity index (χ3n) is 2.82. The lowest BCUT2D eigenvalue weighted by molar-refractivity contribution is -0.115. The Morgan fingerprint density at radius 1 is 1.50 bits per heavy atom. The first-order chi connectivity index (χ1) is 11.5. The fourth-order valence-electron chi connectivity index (χ4n) is 1.62. The summed E-state index contributed by atoms with van der Waals surface area (Å²) in [5.41, 5.74) is 0.0936. The molecular formula is C14H16ClFN4O2S2. The van der Waals surface area contributed by atoms with E-state index in [2.05, 4.69) is 20.8 Å². The monoisotopic (exact) mass is 390 g/mol. The van der Waals surface area contributed by atoms with Crippen LogP contribution in [-0.4, -0.2) is 41.6 Å². The summed E-state index contributed by atoms with van der Waals surface area (Å²) in [7, 11) is 1.62. The molecule has 2 N–H and O–H groups in total. The zero-order valence-corrected chi connectivity index (χ0v) is 15.4. The molecule has 130 valence electrons. The molecule has 0 unspecified atom stereocenters. The smallest absolute Gasteiger partial charge is 0.237 e. The van der Waals surface area contributed by atoms with Crippen LogP contribution < -0.4 is 10.6 Å². The molecule has 1 atom stereocenters. The van der Waals surface area contributed by atoms with Gasteiger partial charge in [0.2, 0.25) is 11.0 Å². The molecule has 0 saturated carbocycles. The second-order valence-corrected chi connectivity index (χ2v) is 7.67. The van der Waals surface area contributed by atoms with Gasteiger partial charge in [0.1, 0.15) is 5.82 Å². The van der Waals surface area contributed by atoms with Crippen LogP contribution in [0.3, 0.4) is 0 Å². The lowest BCUT2D eigenvalue weighted by Gasteiger charge is -2.11. The standard InChI is InChI=1S/C14H16ClFN4O2S2/c1-8(12(21)18-11-4-3-9(15)7-10(11)16)23-14-20-19-13(24-14)17-5-6-22-2/h3-4,7-8H,5-6H2,1-2H3,(H,17,19)(H,18,21)/t8-/m0/s1. The Labute approximate surface area is 152 Å². The molecule has 6 nitrogen and oxygen atoms in total. The molecule has 1 heterocycles. The Hall–Kier alpha value is -1.42. The van der Waals surface area contributed by atoms with Gasteiger partial charge in [0.05, 0.1) is 17.5 Å². The third-order valence-corrected chi connectivity index (χ3v) is 5.12. The van der Waals surface area contributed by atoms with Gasteiger partial charge in [-0.15, -0.1) is 10.2 Å². The number of carbonyl (C=O) groups is 1. The van der Waals surface area contributed by atoms with Gasteiger partial charge in [0.25, 0.3) is 0 Å². The van der Waals surface area contributed by atoms with Gasteiger partial charge in [-0.2, -0.15) is 0 Å². The van der Waals surface area contributed by atoms with Crippen molar-refractivity contribution in [2.45, 2.75) is 16.5 Å². The zero-order chi connectivity index (χ0) is 17.5. The fraction of sp³-hybridized carbons (Fsp3) is 0.357. The minimum Gasteiger partial charge on any atom is -0.383 e. The van der Waals surface area contributed by atoms with Crippen molar-refractivity contribution in [3.63, 3.8) is 0 Å².